The third-order valence-corrected chi connectivity index (χ3v) is 8.81. The van der Waals surface area contributed by atoms with Crippen molar-refractivity contribution in [1.82, 2.24) is 4.90 Å². The summed E-state index contributed by atoms with van der Waals surface area (Å²) in [4.78, 5) is 2.27. The van der Waals surface area contributed by atoms with Crippen molar-refractivity contribution in [2.45, 2.75) is 118 Å². The molecule has 0 aliphatic rings. The number of ether oxygens (including phenoxy) is 1. The molecule has 0 amide bonds. The second kappa shape index (κ2) is 19.9. The van der Waals surface area contributed by atoms with Gasteiger partial charge in [0.25, 0.3) is 0 Å². The van der Waals surface area contributed by atoms with Crippen LogP contribution in [0.4, 0.5) is 0 Å². The first-order valence-electron chi connectivity index (χ1n) is 18.1. The number of phenols is 2. The van der Waals surface area contributed by atoms with E-state index in [1.54, 1.807) is 7.11 Å². The molecule has 52 heavy (non-hydrogen) atoms. The molecule has 0 radical (unpaired) electrons. The normalized spacial score (nSPS) is 11.9. The Bertz CT molecular complexity index is 1520. The fraction of sp³-hybridized carbons (Fsp3) is 0.447. The molecule has 0 fully saturated rings. The largest absolute Gasteiger partial charge is 2.00 e. The molecule has 282 valence electrons. The predicted octanol–water partition coefficient (Wildman–Crippen LogP) is 11.7. The van der Waals surface area contributed by atoms with Gasteiger partial charge in [-0.25, -0.2) is 0 Å². The second-order valence-corrected chi connectivity index (χ2v) is 17.7. The molecular formula is C47H67NO3Zr. The topological polar surface area (TPSA) is 52.9 Å². The van der Waals surface area contributed by atoms with Gasteiger partial charge in [0.2, 0.25) is 0 Å². The molecule has 4 aromatic rings. The van der Waals surface area contributed by atoms with Crippen molar-refractivity contribution < 1.29 is 41.2 Å². The van der Waals surface area contributed by atoms with Crippen LogP contribution in [-0.2, 0) is 65.7 Å². The molecule has 0 saturated heterocycles. The van der Waals surface area contributed by atoms with Crippen molar-refractivity contribution in [3.05, 3.63) is 143 Å². The van der Waals surface area contributed by atoms with E-state index in [0.717, 1.165) is 33.4 Å². The van der Waals surface area contributed by atoms with Crippen LogP contribution in [0.1, 0.15) is 128 Å². The Morgan fingerprint density at radius 1 is 0.538 bits per heavy atom. The Labute approximate surface area is 337 Å². The summed E-state index contributed by atoms with van der Waals surface area (Å²) in [5.74, 6) is 0.733. The third kappa shape index (κ3) is 15.2. The molecule has 4 aromatic carbocycles. The summed E-state index contributed by atoms with van der Waals surface area (Å²) in [6, 6.07) is 28.4. The van der Waals surface area contributed by atoms with E-state index < -0.39 is 0 Å². The number of aromatic hydroxyl groups is 2. The number of hydrogen-bond acceptors (Lipinski definition) is 4. The van der Waals surface area contributed by atoms with Crippen LogP contribution < -0.4 is 0 Å². The van der Waals surface area contributed by atoms with Crippen molar-refractivity contribution >= 4 is 0 Å². The van der Waals surface area contributed by atoms with Gasteiger partial charge in [-0.1, -0.05) is 119 Å². The van der Waals surface area contributed by atoms with E-state index in [2.05, 4.69) is 126 Å². The minimum atomic E-state index is -0.182. The number of methoxy groups -OCH3 is 1. The van der Waals surface area contributed by atoms with Crippen molar-refractivity contribution in [3.8, 4) is 11.5 Å². The van der Waals surface area contributed by atoms with Crippen molar-refractivity contribution in [1.29, 1.82) is 0 Å². The summed E-state index contributed by atoms with van der Waals surface area (Å²) >= 11 is 0. The molecule has 4 rings (SSSR count). The maximum absolute atomic E-state index is 11.4. The first kappa shape index (κ1) is 47.0. The fourth-order valence-corrected chi connectivity index (χ4v) is 5.51. The number of phenolic OH excluding ortho intramolecular Hbond substituents is 2. The molecule has 0 atom stereocenters. The van der Waals surface area contributed by atoms with Gasteiger partial charge >= 0.3 is 26.2 Å². The van der Waals surface area contributed by atoms with Crippen LogP contribution in [0.15, 0.2) is 84.9 Å². The van der Waals surface area contributed by atoms with Crippen molar-refractivity contribution in [2.24, 2.45) is 0 Å². The van der Waals surface area contributed by atoms with E-state index in [4.69, 9.17) is 4.74 Å². The van der Waals surface area contributed by atoms with Crippen molar-refractivity contribution in [3.63, 3.8) is 0 Å². The Hall–Kier alpha value is -2.98. The molecule has 0 heterocycles. The van der Waals surface area contributed by atoms with E-state index in [0.29, 0.717) is 37.7 Å². The maximum Gasteiger partial charge on any atom is 2.00 e. The Kier molecular flexibility index (Phi) is 18.0. The Morgan fingerprint density at radius 3 is 1.10 bits per heavy atom. The molecule has 0 saturated carbocycles. The zero-order valence-corrected chi connectivity index (χ0v) is 37.0. The number of benzene rings is 4. The molecule has 2 N–H and O–H groups in total. The van der Waals surface area contributed by atoms with Crippen LogP contribution >= 0.6 is 0 Å². The molecule has 0 spiro atoms. The van der Waals surface area contributed by atoms with Gasteiger partial charge in [-0.3, -0.25) is 4.90 Å². The Balaban J connectivity index is 0.000000740. The average Bonchev–Trinajstić information content (AvgIpc) is 3.01. The monoisotopic (exact) mass is 783 g/mol. The number of rotatable bonds is 7. The average molecular weight is 785 g/mol. The molecule has 5 heteroatoms. The van der Waals surface area contributed by atoms with Crippen LogP contribution in [0.5, 0.6) is 11.5 Å². The van der Waals surface area contributed by atoms with E-state index >= 15 is 0 Å². The van der Waals surface area contributed by atoms with E-state index in [9.17, 15) is 10.2 Å². The van der Waals surface area contributed by atoms with Gasteiger partial charge in [-0.2, -0.15) is 49.2 Å². The van der Waals surface area contributed by atoms with Crippen LogP contribution in [0, 0.1) is 13.8 Å². The molecule has 0 unspecified atom stereocenters. The molecule has 4 nitrogen and oxygen atoms in total. The van der Waals surface area contributed by atoms with Gasteiger partial charge < -0.3 is 14.9 Å². The smallest absolute Gasteiger partial charge is 0.507 e. The summed E-state index contributed by atoms with van der Waals surface area (Å²) in [6.45, 7) is 35.9. The summed E-state index contributed by atoms with van der Waals surface area (Å²) in [5, 5.41) is 22.8. The van der Waals surface area contributed by atoms with Gasteiger partial charge in [-0.05, 0) is 43.9 Å². The van der Waals surface area contributed by atoms with Crippen molar-refractivity contribution in [2.75, 3.05) is 20.3 Å². The van der Waals surface area contributed by atoms with Crippen LogP contribution in [0.2, 0.25) is 0 Å². The summed E-state index contributed by atoms with van der Waals surface area (Å²) < 4.78 is 5.45. The maximum atomic E-state index is 11.4. The zero-order valence-electron chi connectivity index (χ0n) is 34.6. The minimum absolute atomic E-state index is 0. The standard InChI is InChI=1S/C33H53NO3.2C7H7.Zr/c1-30(2,3)24-16-22(28(35)26(18-24)32(7,8)9)20-34(14-15-37-13)21-23-17-25(31(4,5)6)19-27(29(23)36)33(10,11)12;2*1-7-5-3-2-4-6-7;/h16-19,35-36H,14-15,20-21H2,1-13H3;2*2-6H,1H2;/q;2*-1;+2. The van der Waals surface area contributed by atoms with Gasteiger partial charge in [0.15, 0.2) is 0 Å². The van der Waals surface area contributed by atoms with Crippen LogP contribution in [0.25, 0.3) is 0 Å². The third-order valence-electron chi connectivity index (χ3n) is 8.81. The minimum Gasteiger partial charge on any atom is -0.507 e. The first-order chi connectivity index (χ1) is 23.4. The molecule has 0 aliphatic heterocycles. The van der Waals surface area contributed by atoms with Gasteiger partial charge in [-0.15, -0.1) is 24.3 Å². The van der Waals surface area contributed by atoms with Gasteiger partial charge in [0, 0.05) is 37.9 Å². The van der Waals surface area contributed by atoms with Crippen LogP contribution in [-0.4, -0.2) is 35.4 Å². The summed E-state index contributed by atoms with van der Waals surface area (Å²) in [7, 11) is 1.71. The molecular weight excluding hydrogens is 718 g/mol. The Morgan fingerprint density at radius 2 is 0.865 bits per heavy atom. The van der Waals surface area contributed by atoms with E-state index in [-0.39, 0.29) is 47.9 Å². The zero-order chi connectivity index (χ0) is 38.8. The number of hydrogen-bond donors (Lipinski definition) is 2. The summed E-state index contributed by atoms with van der Waals surface area (Å²) in [5.41, 5.74) is 7.88. The first-order valence-corrected chi connectivity index (χ1v) is 18.1. The van der Waals surface area contributed by atoms with Crippen LogP contribution in [0.3, 0.4) is 0 Å². The van der Waals surface area contributed by atoms with E-state index in [1.807, 2.05) is 60.7 Å². The second-order valence-electron chi connectivity index (χ2n) is 17.7. The SMILES string of the molecule is COCCN(Cc1cc(C(C)(C)C)cc(C(C)(C)C)c1O)Cc1cc(C(C)(C)C)cc(C(C)(C)C)c1O.[CH2-]c1ccccc1.[CH2-]c1ccccc1.[Zr+2]. The van der Waals surface area contributed by atoms with Gasteiger partial charge in [0.05, 0.1) is 6.61 Å². The predicted molar refractivity (Wildman–Crippen MR) is 219 cm³/mol. The fourth-order valence-electron chi connectivity index (χ4n) is 5.51. The quantitative estimate of drug-likeness (QED) is 0.183. The summed E-state index contributed by atoms with van der Waals surface area (Å²) in [6.07, 6.45) is 0. The molecule has 0 bridgehead atoms. The van der Waals surface area contributed by atoms with Gasteiger partial charge in [0.1, 0.15) is 11.5 Å². The number of nitrogens with zero attached hydrogens (tertiary/aromatic N) is 1. The molecule has 0 aromatic heterocycles. The molecule has 0 aliphatic carbocycles. The van der Waals surface area contributed by atoms with E-state index in [1.165, 1.54) is 11.1 Å².